The number of thiocarbonyl (C=S) groups is 1. The monoisotopic (exact) mass is 338 g/mol. The molecule has 0 radical (unpaired) electrons. The van der Waals surface area contributed by atoms with E-state index in [1.54, 1.807) is 6.08 Å². The summed E-state index contributed by atoms with van der Waals surface area (Å²) in [4.78, 5) is 32.0. The number of hydrogen-bond acceptors (Lipinski definition) is 6. The summed E-state index contributed by atoms with van der Waals surface area (Å²) in [5.41, 5.74) is 0. The largest absolute Gasteiger partial charge is 0.379 e. The van der Waals surface area contributed by atoms with Crippen molar-refractivity contribution in [3.8, 4) is 0 Å². The van der Waals surface area contributed by atoms with Crippen LogP contribution in [-0.2, 0) is 14.3 Å². The Hall–Kier alpha value is -1.64. The van der Waals surface area contributed by atoms with E-state index in [4.69, 9.17) is 17.0 Å². The molecule has 0 aromatic heterocycles. The third kappa shape index (κ3) is 4.92. The quantitative estimate of drug-likeness (QED) is 0.229. The van der Waals surface area contributed by atoms with E-state index < -0.39 is 11.8 Å². The van der Waals surface area contributed by atoms with E-state index in [-0.39, 0.29) is 17.6 Å². The number of morpholine rings is 1. The van der Waals surface area contributed by atoms with Gasteiger partial charge in [0.15, 0.2) is 11.0 Å². The molecule has 0 bridgehead atoms. The van der Waals surface area contributed by atoms with Gasteiger partial charge < -0.3 is 10.1 Å². The lowest BCUT2D eigenvalue weighted by molar-refractivity contribution is -0.137. The molecule has 8 heteroatoms. The number of nitrogens with zero attached hydrogens (tertiary/aromatic N) is 3. The molecule has 1 atom stereocenters. The fourth-order valence-corrected chi connectivity index (χ4v) is 2.72. The maximum atomic E-state index is 12.3. The molecule has 2 saturated heterocycles. The van der Waals surface area contributed by atoms with Crippen molar-refractivity contribution in [3.63, 3.8) is 0 Å². The first-order valence-electron chi connectivity index (χ1n) is 7.70. The van der Waals surface area contributed by atoms with Crippen LogP contribution in [0, 0.1) is 5.92 Å². The molecule has 2 rings (SSSR count). The zero-order valence-electron chi connectivity index (χ0n) is 13.1. The van der Waals surface area contributed by atoms with Crippen LogP contribution in [0.2, 0.25) is 0 Å². The van der Waals surface area contributed by atoms with Gasteiger partial charge in [0.05, 0.1) is 13.2 Å². The highest BCUT2D eigenvalue weighted by Gasteiger charge is 2.36. The van der Waals surface area contributed by atoms with E-state index in [9.17, 15) is 9.59 Å². The third-order valence-electron chi connectivity index (χ3n) is 3.72. The van der Waals surface area contributed by atoms with Gasteiger partial charge in [0.2, 0.25) is 11.8 Å². The van der Waals surface area contributed by atoms with E-state index in [2.05, 4.69) is 21.8 Å². The Bertz CT molecular complexity index is 503. The molecule has 2 aliphatic heterocycles. The summed E-state index contributed by atoms with van der Waals surface area (Å²) in [6, 6.07) is 0. The number of hydrogen-bond donors (Lipinski definition) is 1. The molecule has 2 fully saturated rings. The predicted molar refractivity (Wildman–Crippen MR) is 91.4 cm³/mol. The van der Waals surface area contributed by atoms with Gasteiger partial charge in [-0.3, -0.25) is 24.4 Å². The van der Waals surface area contributed by atoms with Crippen LogP contribution < -0.4 is 5.32 Å². The average Bonchev–Trinajstić information content (AvgIpc) is 2.55. The van der Waals surface area contributed by atoms with E-state index in [0.717, 1.165) is 39.3 Å². The van der Waals surface area contributed by atoms with Crippen LogP contribution in [0.5, 0.6) is 0 Å². The van der Waals surface area contributed by atoms with Crippen LogP contribution in [0.1, 0.15) is 6.42 Å². The van der Waals surface area contributed by atoms with Crippen molar-refractivity contribution >= 4 is 35.4 Å². The van der Waals surface area contributed by atoms with Gasteiger partial charge >= 0.3 is 0 Å². The van der Waals surface area contributed by atoms with Crippen molar-refractivity contribution < 1.29 is 14.3 Å². The Balaban J connectivity index is 1.80. The minimum absolute atomic E-state index is 0.122. The third-order valence-corrected chi connectivity index (χ3v) is 4.04. The fraction of sp³-hybridized carbons (Fsp3) is 0.600. The average molecular weight is 338 g/mol. The topological polar surface area (TPSA) is 74.2 Å². The van der Waals surface area contributed by atoms with Gasteiger partial charge in [-0.05, 0) is 18.6 Å². The van der Waals surface area contributed by atoms with Crippen LogP contribution in [0.15, 0.2) is 17.6 Å². The second-order valence-electron chi connectivity index (χ2n) is 5.37. The molecule has 23 heavy (non-hydrogen) atoms. The Morgan fingerprint density at radius 3 is 2.83 bits per heavy atom. The normalized spacial score (nSPS) is 23.4. The maximum absolute atomic E-state index is 12.3. The smallest absolute Gasteiger partial charge is 0.247 e. The number of aliphatic imine (C=N–C) groups is 1. The first kappa shape index (κ1) is 17.7. The molecule has 0 aliphatic carbocycles. The fourth-order valence-electron chi connectivity index (χ4n) is 2.45. The molecule has 0 saturated carbocycles. The van der Waals surface area contributed by atoms with Crippen molar-refractivity contribution in [2.24, 2.45) is 10.9 Å². The summed E-state index contributed by atoms with van der Waals surface area (Å²) in [5.74, 6) is -1.68. The van der Waals surface area contributed by atoms with Gasteiger partial charge in [-0.2, -0.15) is 0 Å². The van der Waals surface area contributed by atoms with Crippen molar-refractivity contribution in [3.05, 3.63) is 12.7 Å². The number of carbonyl (C=O) groups is 2. The first-order chi connectivity index (χ1) is 11.1. The highest BCUT2D eigenvalue weighted by atomic mass is 32.1. The van der Waals surface area contributed by atoms with Crippen LogP contribution in [0.3, 0.4) is 0 Å². The molecule has 0 aromatic carbocycles. The lowest BCUT2D eigenvalue weighted by Crippen LogP contribution is -2.58. The summed E-state index contributed by atoms with van der Waals surface area (Å²) in [6.45, 7) is 8.83. The number of amides is 2. The molecule has 1 N–H and O–H groups in total. The van der Waals surface area contributed by atoms with E-state index in [1.165, 1.54) is 11.1 Å². The Kier molecular flexibility index (Phi) is 6.82. The van der Waals surface area contributed by atoms with Gasteiger partial charge in [0, 0.05) is 38.9 Å². The van der Waals surface area contributed by atoms with Crippen LogP contribution in [0.4, 0.5) is 0 Å². The SMILES string of the molecule is C=CCN1C(=O)[C@@H](C=NCCCN2CCOCC2)C(=O)NC1=S. The van der Waals surface area contributed by atoms with Crippen molar-refractivity contribution in [2.45, 2.75) is 6.42 Å². The predicted octanol–water partition coefficient (Wildman–Crippen LogP) is -0.175. The standard InChI is InChI=1S/C15H22N4O3S/c1-2-5-19-14(21)12(13(20)17-15(19)23)11-16-4-3-6-18-7-9-22-10-8-18/h2,11-12H,1,3-10H2,(H,17,20,23)/t12-/m0/s1. The molecule has 2 amide bonds. The zero-order valence-corrected chi connectivity index (χ0v) is 13.9. The van der Waals surface area contributed by atoms with Gasteiger partial charge in [0.25, 0.3) is 0 Å². The van der Waals surface area contributed by atoms with Crippen LogP contribution in [-0.4, -0.2) is 78.9 Å². The number of ether oxygens (including phenoxy) is 1. The molecule has 7 nitrogen and oxygen atoms in total. The van der Waals surface area contributed by atoms with Crippen LogP contribution in [0.25, 0.3) is 0 Å². The lowest BCUT2D eigenvalue weighted by Gasteiger charge is -2.30. The van der Waals surface area contributed by atoms with Gasteiger partial charge in [0.1, 0.15) is 0 Å². The summed E-state index contributed by atoms with van der Waals surface area (Å²) < 4.78 is 5.29. The highest BCUT2D eigenvalue weighted by Crippen LogP contribution is 2.09. The Morgan fingerprint density at radius 1 is 1.39 bits per heavy atom. The Morgan fingerprint density at radius 2 is 2.13 bits per heavy atom. The number of nitrogens with one attached hydrogen (secondary N) is 1. The van der Waals surface area contributed by atoms with Gasteiger partial charge in [-0.15, -0.1) is 6.58 Å². The molecule has 126 valence electrons. The van der Waals surface area contributed by atoms with Crippen molar-refractivity contribution in [2.75, 3.05) is 45.9 Å². The summed E-state index contributed by atoms with van der Waals surface area (Å²) >= 11 is 4.99. The summed E-state index contributed by atoms with van der Waals surface area (Å²) in [5, 5.41) is 2.65. The molecule has 0 aromatic rings. The molecule has 0 unspecified atom stereocenters. The van der Waals surface area contributed by atoms with E-state index >= 15 is 0 Å². The van der Waals surface area contributed by atoms with Gasteiger partial charge in [-0.25, -0.2) is 0 Å². The molecular formula is C15H22N4O3S. The van der Waals surface area contributed by atoms with Crippen molar-refractivity contribution in [1.82, 2.24) is 15.1 Å². The van der Waals surface area contributed by atoms with E-state index in [1.807, 2.05) is 0 Å². The summed E-state index contributed by atoms with van der Waals surface area (Å²) in [6.07, 6.45) is 3.88. The second-order valence-corrected chi connectivity index (χ2v) is 5.76. The number of rotatable bonds is 7. The van der Waals surface area contributed by atoms with Gasteiger partial charge in [-0.1, -0.05) is 6.08 Å². The molecule has 0 spiro atoms. The second kappa shape index (κ2) is 8.85. The Labute approximate surface area is 141 Å². The van der Waals surface area contributed by atoms with E-state index in [0.29, 0.717) is 6.54 Å². The zero-order chi connectivity index (χ0) is 16.7. The molecule has 2 heterocycles. The summed E-state index contributed by atoms with van der Waals surface area (Å²) in [7, 11) is 0. The number of carbonyl (C=O) groups excluding carboxylic acids is 2. The van der Waals surface area contributed by atoms with Crippen molar-refractivity contribution in [1.29, 1.82) is 0 Å². The maximum Gasteiger partial charge on any atom is 0.247 e. The highest BCUT2D eigenvalue weighted by molar-refractivity contribution is 7.80. The lowest BCUT2D eigenvalue weighted by atomic mass is 10.1. The first-order valence-corrected chi connectivity index (χ1v) is 8.11. The molecular weight excluding hydrogens is 316 g/mol. The molecule has 2 aliphatic rings. The minimum atomic E-state index is -0.912. The van der Waals surface area contributed by atoms with Crippen LogP contribution >= 0.6 is 12.2 Å². The minimum Gasteiger partial charge on any atom is -0.379 e.